The summed E-state index contributed by atoms with van der Waals surface area (Å²) in [6.07, 6.45) is 1.45. The number of amides is 1. The third-order valence-electron chi connectivity index (χ3n) is 4.64. The minimum Gasteiger partial charge on any atom is -0.449 e. The van der Waals surface area contributed by atoms with Crippen molar-refractivity contribution in [1.29, 1.82) is 0 Å². The molecule has 1 aliphatic rings. The van der Waals surface area contributed by atoms with Gasteiger partial charge in [0.2, 0.25) is 5.76 Å². The second-order valence-corrected chi connectivity index (χ2v) is 8.71. The summed E-state index contributed by atoms with van der Waals surface area (Å²) in [4.78, 5) is 14.6. The highest BCUT2D eigenvalue weighted by Gasteiger charge is 2.28. The second kappa shape index (κ2) is 8.51. The van der Waals surface area contributed by atoms with Crippen LogP contribution in [0.2, 0.25) is 5.02 Å². The molecule has 1 N–H and O–H groups in total. The molecule has 1 aromatic heterocycles. The van der Waals surface area contributed by atoms with E-state index in [9.17, 15) is 13.2 Å². The van der Waals surface area contributed by atoms with E-state index in [-0.39, 0.29) is 17.4 Å². The molecule has 9 heteroatoms. The number of carbonyl (C=O) groups excluding carboxylic acids is 1. The van der Waals surface area contributed by atoms with E-state index in [0.29, 0.717) is 47.9 Å². The third kappa shape index (κ3) is 4.51. The summed E-state index contributed by atoms with van der Waals surface area (Å²) in [7, 11) is -3.91. The normalized spacial score (nSPS) is 15.0. The van der Waals surface area contributed by atoms with Gasteiger partial charge in [0.05, 0.1) is 18.6 Å². The molecule has 3 aromatic rings. The maximum Gasteiger partial charge on any atom is 0.291 e. The maximum absolute atomic E-state index is 13.0. The third-order valence-corrected chi connectivity index (χ3v) is 5.88. The van der Waals surface area contributed by atoms with Gasteiger partial charge in [-0.2, -0.15) is 0 Å². The molecule has 2 heterocycles. The number of benzene rings is 2. The fourth-order valence-corrected chi connectivity index (χ4v) is 4.14. The Bertz CT molecular complexity index is 1200. The predicted molar refractivity (Wildman–Crippen MR) is 116 cm³/mol. The minimum atomic E-state index is -3.91. The Balaban J connectivity index is 1.66. The summed E-state index contributed by atoms with van der Waals surface area (Å²) in [5, 5.41) is 2.11. The molecular weight excluding hydrogens is 428 g/mol. The average Bonchev–Trinajstić information content (AvgIpc) is 3.11. The fourth-order valence-electron chi connectivity index (χ4n) is 3.13. The van der Waals surface area contributed by atoms with Crippen molar-refractivity contribution in [3.63, 3.8) is 0 Å². The van der Waals surface area contributed by atoms with Gasteiger partial charge in [0.1, 0.15) is 11.3 Å². The van der Waals surface area contributed by atoms with Gasteiger partial charge < -0.3 is 14.1 Å². The van der Waals surface area contributed by atoms with Gasteiger partial charge in [0.25, 0.3) is 15.9 Å². The number of hydrogen-bond donors (Lipinski definition) is 1. The van der Waals surface area contributed by atoms with E-state index >= 15 is 0 Å². The zero-order valence-electron chi connectivity index (χ0n) is 15.9. The van der Waals surface area contributed by atoms with Gasteiger partial charge in [-0.1, -0.05) is 35.9 Å². The van der Waals surface area contributed by atoms with Gasteiger partial charge in [0, 0.05) is 23.5 Å². The number of halogens is 1. The monoisotopic (exact) mass is 446 g/mol. The summed E-state index contributed by atoms with van der Waals surface area (Å²) in [6.45, 7) is 1.69. The number of ether oxygens (including phenoxy) is 1. The van der Waals surface area contributed by atoms with Crippen LogP contribution in [0.5, 0.6) is 0 Å². The standard InChI is InChI=1S/C21H19ClN2O5S/c22-16-7-5-15(6-8-16)9-14-30(26,27)23-19-17-3-1-2-4-18(17)29-20(19)21(25)24-10-12-28-13-11-24/h1-9,14,23H,10-13H2. The number of carbonyl (C=O) groups is 1. The molecule has 156 valence electrons. The van der Waals surface area contributed by atoms with Gasteiger partial charge in [0.15, 0.2) is 0 Å². The van der Waals surface area contributed by atoms with Crippen LogP contribution in [-0.2, 0) is 14.8 Å². The number of sulfonamides is 1. The summed E-state index contributed by atoms with van der Waals surface area (Å²) in [6, 6.07) is 13.6. The largest absolute Gasteiger partial charge is 0.449 e. The molecule has 0 atom stereocenters. The smallest absolute Gasteiger partial charge is 0.291 e. The number of hydrogen-bond acceptors (Lipinski definition) is 5. The zero-order valence-corrected chi connectivity index (χ0v) is 17.4. The van der Waals surface area contributed by atoms with Gasteiger partial charge in [-0.05, 0) is 35.9 Å². The Morgan fingerprint density at radius 3 is 2.50 bits per heavy atom. The first-order valence-corrected chi connectivity index (χ1v) is 11.2. The van der Waals surface area contributed by atoms with Crippen molar-refractivity contribution >= 4 is 50.3 Å². The van der Waals surface area contributed by atoms with Gasteiger partial charge >= 0.3 is 0 Å². The molecule has 30 heavy (non-hydrogen) atoms. The highest BCUT2D eigenvalue weighted by atomic mass is 35.5. The first-order valence-electron chi connectivity index (χ1n) is 9.28. The average molecular weight is 447 g/mol. The lowest BCUT2D eigenvalue weighted by molar-refractivity contribution is 0.0285. The second-order valence-electron chi connectivity index (χ2n) is 6.71. The highest BCUT2D eigenvalue weighted by Crippen LogP contribution is 2.33. The summed E-state index contributed by atoms with van der Waals surface area (Å²) >= 11 is 5.85. The van der Waals surface area contributed by atoms with Crippen LogP contribution < -0.4 is 4.72 Å². The van der Waals surface area contributed by atoms with Crippen LogP contribution in [0.1, 0.15) is 16.1 Å². The number of anilines is 1. The van der Waals surface area contributed by atoms with Crippen molar-refractivity contribution in [2.45, 2.75) is 0 Å². The van der Waals surface area contributed by atoms with E-state index in [1.807, 2.05) is 0 Å². The lowest BCUT2D eigenvalue weighted by atomic mass is 10.2. The maximum atomic E-state index is 13.0. The molecule has 2 aromatic carbocycles. The van der Waals surface area contributed by atoms with Crippen LogP contribution >= 0.6 is 11.6 Å². The van der Waals surface area contributed by atoms with Crippen molar-refractivity contribution in [2.24, 2.45) is 0 Å². The molecule has 0 unspecified atom stereocenters. The van der Waals surface area contributed by atoms with Crippen molar-refractivity contribution < 1.29 is 22.4 Å². The number of furan rings is 1. The molecule has 1 aliphatic heterocycles. The number of rotatable bonds is 5. The van der Waals surface area contributed by atoms with E-state index in [4.69, 9.17) is 20.8 Å². The molecule has 4 rings (SSSR count). The predicted octanol–water partition coefficient (Wildman–Crippen LogP) is 3.97. The van der Waals surface area contributed by atoms with Crippen LogP contribution in [-0.4, -0.2) is 45.5 Å². The van der Waals surface area contributed by atoms with E-state index in [1.165, 1.54) is 6.08 Å². The summed E-state index contributed by atoms with van der Waals surface area (Å²) in [5.74, 6) is -0.421. The van der Waals surface area contributed by atoms with Crippen LogP contribution in [0.3, 0.4) is 0 Å². The van der Waals surface area contributed by atoms with Crippen molar-refractivity contribution in [3.8, 4) is 0 Å². The van der Waals surface area contributed by atoms with Gasteiger partial charge in [-0.25, -0.2) is 8.42 Å². The zero-order chi connectivity index (χ0) is 21.1. The number of para-hydroxylation sites is 1. The number of nitrogens with one attached hydrogen (secondary N) is 1. The molecule has 1 fully saturated rings. The van der Waals surface area contributed by atoms with Crippen LogP contribution in [0.4, 0.5) is 5.69 Å². The number of fused-ring (bicyclic) bond motifs is 1. The number of morpholine rings is 1. The first-order chi connectivity index (χ1) is 14.4. The highest BCUT2D eigenvalue weighted by molar-refractivity contribution is 7.95. The molecule has 0 saturated carbocycles. The molecular formula is C21H19ClN2O5S. The fraction of sp³-hybridized carbons (Fsp3) is 0.190. The van der Waals surface area contributed by atoms with Gasteiger partial charge in [-0.15, -0.1) is 0 Å². The molecule has 0 radical (unpaired) electrons. The quantitative estimate of drug-likeness (QED) is 0.640. The van der Waals surface area contributed by atoms with E-state index in [1.54, 1.807) is 53.4 Å². The lowest BCUT2D eigenvalue weighted by Crippen LogP contribution is -2.40. The minimum absolute atomic E-state index is 0.0402. The Labute approximate surface area is 178 Å². The first kappa shape index (κ1) is 20.5. The summed E-state index contributed by atoms with van der Waals surface area (Å²) in [5.41, 5.74) is 1.22. The molecule has 0 bridgehead atoms. The number of nitrogens with zero attached hydrogens (tertiary/aromatic N) is 1. The molecule has 7 nitrogen and oxygen atoms in total. The topological polar surface area (TPSA) is 88.8 Å². The van der Waals surface area contributed by atoms with E-state index in [0.717, 1.165) is 5.41 Å². The van der Waals surface area contributed by atoms with Crippen LogP contribution in [0.15, 0.2) is 58.4 Å². The Morgan fingerprint density at radius 2 is 1.77 bits per heavy atom. The molecule has 1 amide bonds. The summed E-state index contributed by atoms with van der Waals surface area (Å²) < 4.78 is 39.0. The molecule has 0 spiro atoms. The van der Waals surface area contributed by atoms with Gasteiger partial charge in [-0.3, -0.25) is 9.52 Å². The molecule has 0 aliphatic carbocycles. The van der Waals surface area contributed by atoms with Crippen molar-refractivity contribution in [2.75, 3.05) is 31.0 Å². The Hall–Kier alpha value is -2.81. The van der Waals surface area contributed by atoms with Crippen LogP contribution in [0.25, 0.3) is 17.0 Å². The van der Waals surface area contributed by atoms with E-state index < -0.39 is 10.0 Å². The van der Waals surface area contributed by atoms with Crippen molar-refractivity contribution in [3.05, 3.63) is 70.3 Å². The lowest BCUT2D eigenvalue weighted by Gasteiger charge is -2.26. The van der Waals surface area contributed by atoms with E-state index in [2.05, 4.69) is 4.72 Å². The molecule has 1 saturated heterocycles. The van der Waals surface area contributed by atoms with Crippen LogP contribution in [0, 0.1) is 0 Å². The Kier molecular flexibility index (Phi) is 5.80. The SMILES string of the molecule is O=C(c1oc2ccccc2c1NS(=O)(=O)C=Cc1ccc(Cl)cc1)N1CCOCC1. The van der Waals surface area contributed by atoms with Crippen molar-refractivity contribution in [1.82, 2.24) is 4.90 Å². The Morgan fingerprint density at radius 1 is 1.07 bits per heavy atom.